The summed E-state index contributed by atoms with van der Waals surface area (Å²) >= 11 is 3.28. The van der Waals surface area contributed by atoms with Crippen LogP contribution < -0.4 is 16.0 Å². The largest absolute Gasteiger partial charge is 0.486 e. The van der Waals surface area contributed by atoms with Crippen LogP contribution in [0.1, 0.15) is 15.9 Å². The molecule has 3 N–H and O–H groups in total. The van der Waals surface area contributed by atoms with Gasteiger partial charge >= 0.3 is 0 Å². The van der Waals surface area contributed by atoms with Crippen molar-refractivity contribution in [2.24, 2.45) is 5.84 Å². The molecule has 2 aromatic carbocycles. The molecular weight excluding hydrogens is 346 g/mol. The third-order valence-corrected chi connectivity index (χ3v) is 3.46. The summed E-state index contributed by atoms with van der Waals surface area (Å²) in [4.78, 5) is 11.4. The van der Waals surface area contributed by atoms with Crippen molar-refractivity contribution >= 4 is 21.8 Å². The van der Waals surface area contributed by atoms with E-state index in [-0.39, 0.29) is 12.4 Å². The van der Waals surface area contributed by atoms with Gasteiger partial charge in [-0.1, -0.05) is 22.0 Å². The molecule has 0 saturated carbocycles. The summed E-state index contributed by atoms with van der Waals surface area (Å²) in [5.41, 5.74) is 3.06. The standard InChI is InChI=1S/C14H11BrF2N2O2/c15-11-5-8(14(20)19-18)1-2-9(11)7-21-13-6-10(16)3-4-12(13)17/h1-6H,7,18H2,(H,19,20). The molecule has 0 aliphatic heterocycles. The Morgan fingerprint density at radius 2 is 2.00 bits per heavy atom. The van der Waals surface area contributed by atoms with Gasteiger partial charge in [-0.3, -0.25) is 10.2 Å². The van der Waals surface area contributed by atoms with E-state index in [2.05, 4.69) is 15.9 Å². The maximum Gasteiger partial charge on any atom is 0.265 e. The number of carbonyl (C=O) groups is 1. The second-order valence-electron chi connectivity index (χ2n) is 4.14. The van der Waals surface area contributed by atoms with Crippen LogP contribution in [0, 0.1) is 11.6 Å². The van der Waals surface area contributed by atoms with Crippen LogP contribution in [0.2, 0.25) is 0 Å². The summed E-state index contributed by atoms with van der Waals surface area (Å²) in [6, 6.07) is 7.72. The van der Waals surface area contributed by atoms with E-state index in [0.29, 0.717) is 15.6 Å². The highest BCUT2D eigenvalue weighted by molar-refractivity contribution is 9.10. The lowest BCUT2D eigenvalue weighted by atomic mass is 10.1. The van der Waals surface area contributed by atoms with Gasteiger partial charge in [-0.25, -0.2) is 14.6 Å². The Balaban J connectivity index is 2.13. The van der Waals surface area contributed by atoms with Gasteiger partial charge in [0.15, 0.2) is 11.6 Å². The average molecular weight is 357 g/mol. The van der Waals surface area contributed by atoms with Crippen LogP contribution in [0.25, 0.3) is 0 Å². The number of hydrogen-bond donors (Lipinski definition) is 2. The van der Waals surface area contributed by atoms with Crippen LogP contribution in [0.5, 0.6) is 5.75 Å². The first-order chi connectivity index (χ1) is 10.0. The summed E-state index contributed by atoms with van der Waals surface area (Å²) in [5, 5.41) is 0. The number of rotatable bonds is 4. The zero-order chi connectivity index (χ0) is 15.4. The van der Waals surface area contributed by atoms with Gasteiger partial charge in [-0.15, -0.1) is 0 Å². The number of ether oxygens (including phenoxy) is 1. The number of hydrogen-bond acceptors (Lipinski definition) is 3. The molecule has 7 heteroatoms. The van der Waals surface area contributed by atoms with Gasteiger partial charge in [0.25, 0.3) is 5.91 Å². The molecule has 0 atom stereocenters. The molecule has 2 rings (SSSR count). The number of halogens is 3. The topological polar surface area (TPSA) is 64.3 Å². The van der Waals surface area contributed by atoms with Gasteiger partial charge in [0.1, 0.15) is 12.4 Å². The van der Waals surface area contributed by atoms with Crippen molar-refractivity contribution in [3.63, 3.8) is 0 Å². The van der Waals surface area contributed by atoms with Crippen LogP contribution in [0.4, 0.5) is 8.78 Å². The summed E-state index contributed by atoms with van der Waals surface area (Å²) in [6.45, 7) is 0.0193. The van der Waals surface area contributed by atoms with E-state index >= 15 is 0 Å². The second-order valence-corrected chi connectivity index (χ2v) is 5.00. The molecule has 0 aromatic heterocycles. The molecule has 110 valence electrons. The van der Waals surface area contributed by atoms with Crippen LogP contribution in [-0.4, -0.2) is 5.91 Å². The molecule has 1 amide bonds. The zero-order valence-corrected chi connectivity index (χ0v) is 12.3. The molecule has 0 bridgehead atoms. The number of nitrogens with one attached hydrogen (secondary N) is 1. The third-order valence-electron chi connectivity index (χ3n) is 2.72. The molecule has 0 radical (unpaired) electrons. The fourth-order valence-corrected chi connectivity index (χ4v) is 2.13. The Labute approximate surface area is 128 Å². The quantitative estimate of drug-likeness (QED) is 0.503. The van der Waals surface area contributed by atoms with E-state index in [0.717, 1.165) is 18.2 Å². The lowest BCUT2D eigenvalue weighted by Crippen LogP contribution is -2.29. The SMILES string of the molecule is NNC(=O)c1ccc(COc2cc(F)ccc2F)c(Br)c1. The second kappa shape index (κ2) is 6.64. The van der Waals surface area contributed by atoms with E-state index in [1.165, 1.54) is 0 Å². The van der Waals surface area contributed by atoms with Crippen LogP contribution in [-0.2, 0) is 6.61 Å². The highest BCUT2D eigenvalue weighted by atomic mass is 79.9. The lowest BCUT2D eigenvalue weighted by molar-refractivity contribution is 0.0953. The Morgan fingerprint density at radius 3 is 2.67 bits per heavy atom. The minimum atomic E-state index is -0.647. The molecule has 0 heterocycles. The molecule has 0 aliphatic carbocycles. The Hall–Kier alpha value is -1.99. The highest BCUT2D eigenvalue weighted by Gasteiger charge is 2.09. The first-order valence-corrected chi connectivity index (χ1v) is 6.68. The van der Waals surface area contributed by atoms with Gasteiger partial charge in [0.05, 0.1) is 0 Å². The molecular formula is C14H11BrF2N2O2. The number of benzene rings is 2. The van der Waals surface area contributed by atoms with E-state index < -0.39 is 17.5 Å². The number of hydrazine groups is 1. The molecule has 21 heavy (non-hydrogen) atoms. The van der Waals surface area contributed by atoms with Gasteiger partial charge in [-0.2, -0.15) is 0 Å². The van der Waals surface area contributed by atoms with Crippen molar-refractivity contribution in [1.29, 1.82) is 0 Å². The summed E-state index contributed by atoms with van der Waals surface area (Å²) in [5.74, 6) is 3.20. The van der Waals surface area contributed by atoms with Gasteiger partial charge < -0.3 is 4.74 Å². The Kier molecular flexibility index (Phi) is 4.87. The summed E-state index contributed by atoms with van der Waals surface area (Å²) in [7, 11) is 0. The highest BCUT2D eigenvalue weighted by Crippen LogP contribution is 2.23. The van der Waals surface area contributed by atoms with E-state index in [9.17, 15) is 13.6 Å². The minimum absolute atomic E-state index is 0.0193. The fraction of sp³-hybridized carbons (Fsp3) is 0.0714. The number of nitrogens with two attached hydrogens (primary N) is 1. The van der Waals surface area contributed by atoms with E-state index in [1.54, 1.807) is 18.2 Å². The lowest BCUT2D eigenvalue weighted by Gasteiger charge is -2.10. The zero-order valence-electron chi connectivity index (χ0n) is 10.7. The van der Waals surface area contributed by atoms with Gasteiger partial charge in [0, 0.05) is 21.7 Å². The minimum Gasteiger partial charge on any atom is -0.486 e. The fourth-order valence-electron chi connectivity index (χ4n) is 1.63. The molecule has 0 unspecified atom stereocenters. The van der Waals surface area contributed by atoms with Crippen molar-refractivity contribution in [2.45, 2.75) is 6.61 Å². The maximum absolute atomic E-state index is 13.4. The Bertz CT molecular complexity index is 680. The molecule has 0 fully saturated rings. The smallest absolute Gasteiger partial charge is 0.265 e. The summed E-state index contributed by atoms with van der Waals surface area (Å²) < 4.78 is 32.3. The predicted octanol–water partition coefficient (Wildman–Crippen LogP) is 2.91. The molecule has 2 aromatic rings. The normalized spacial score (nSPS) is 10.3. The number of amides is 1. The molecule has 0 aliphatic rings. The third kappa shape index (κ3) is 3.77. The number of nitrogen functional groups attached to an aromatic ring is 1. The van der Waals surface area contributed by atoms with Crippen molar-refractivity contribution < 1.29 is 18.3 Å². The predicted molar refractivity (Wildman–Crippen MR) is 76.5 cm³/mol. The maximum atomic E-state index is 13.4. The monoisotopic (exact) mass is 356 g/mol. The van der Waals surface area contributed by atoms with Crippen molar-refractivity contribution in [1.82, 2.24) is 5.43 Å². The first-order valence-electron chi connectivity index (χ1n) is 5.88. The van der Waals surface area contributed by atoms with Crippen molar-refractivity contribution in [3.05, 3.63) is 63.6 Å². The van der Waals surface area contributed by atoms with Crippen molar-refractivity contribution in [2.75, 3.05) is 0 Å². The van der Waals surface area contributed by atoms with Gasteiger partial charge in [-0.05, 0) is 24.3 Å². The Morgan fingerprint density at radius 1 is 1.24 bits per heavy atom. The van der Waals surface area contributed by atoms with E-state index in [1.807, 2.05) is 5.43 Å². The van der Waals surface area contributed by atoms with Gasteiger partial charge in [0.2, 0.25) is 0 Å². The van der Waals surface area contributed by atoms with Crippen LogP contribution in [0.3, 0.4) is 0 Å². The first kappa shape index (κ1) is 15.4. The molecule has 4 nitrogen and oxygen atoms in total. The van der Waals surface area contributed by atoms with E-state index in [4.69, 9.17) is 10.6 Å². The van der Waals surface area contributed by atoms with Crippen LogP contribution >= 0.6 is 15.9 Å². The van der Waals surface area contributed by atoms with Crippen molar-refractivity contribution in [3.8, 4) is 5.75 Å². The van der Waals surface area contributed by atoms with Crippen LogP contribution in [0.15, 0.2) is 40.9 Å². The number of carbonyl (C=O) groups excluding carboxylic acids is 1. The molecule has 0 saturated heterocycles. The average Bonchev–Trinajstić information content (AvgIpc) is 2.48. The summed E-state index contributed by atoms with van der Waals surface area (Å²) in [6.07, 6.45) is 0. The molecule has 0 spiro atoms.